The number of fused-ring (bicyclic) bond motifs is 20. The Hall–Kier alpha value is -12.0. The van der Waals surface area contributed by atoms with Gasteiger partial charge in [-0.1, -0.05) is 324 Å². The Morgan fingerprint density at radius 2 is 0.692 bits per heavy atom. The van der Waals surface area contributed by atoms with Gasteiger partial charge in [0.2, 0.25) is 0 Å². The van der Waals surface area contributed by atoms with Crippen LogP contribution in [0.15, 0.2) is 334 Å². The summed E-state index contributed by atoms with van der Waals surface area (Å²) in [6.45, 7) is 7.40. The Labute approximate surface area is 611 Å². The molecule has 0 nitrogen and oxygen atoms in total. The number of thiophene rings is 2. The Morgan fingerprint density at radius 1 is 0.240 bits per heavy atom. The summed E-state index contributed by atoms with van der Waals surface area (Å²) < 4.78 is 5.34. The van der Waals surface area contributed by atoms with Gasteiger partial charge in [-0.15, -0.1) is 22.7 Å². The lowest BCUT2D eigenvalue weighted by Crippen LogP contribution is -2.24. The van der Waals surface area contributed by atoms with Gasteiger partial charge in [-0.05, 0) is 207 Å². The van der Waals surface area contributed by atoms with Crippen molar-refractivity contribution in [3.63, 3.8) is 0 Å². The second-order valence-corrected chi connectivity index (χ2v) is 31.9. The lowest BCUT2D eigenvalue weighted by molar-refractivity contribution is 0.588. The maximum atomic E-state index is 2.60. The SMILES string of the molecule is CC1(C)c2ccccc2-c2c1cc1c(sc3ccc4ccccc4c31)c2-c1c2ccccc2c(-c2ccc(-c3ccc(CC4(C)c5ccccc5-c5cc(-c6c7ccccc7c(-c7ccc(-c8ccccc8)cc7)c7ccccc67)c6sc7cc8ccccc8cc7c6c54)cc3)cc2)c2ccccc12. The van der Waals surface area contributed by atoms with Crippen LogP contribution < -0.4 is 0 Å². The standard InChI is InChI=1S/C102H66S2/c1-101(2)85-39-21-20-38-80(85)95-87(101)58-84-93-70-28-10-9-25-65(70)53-54-88(93)103-100(84)97(95)94-78-36-17-13-32-74(78)91(75-33-14-18-37-79(75)94)67-51-47-64(48-52-67)62-43-41-60(42-44-62)59-102(3)86-40-22-19-29-71(86)81-57-83(99-96(98(81)102)82-55-68-26-7-8-27-69(68)56-89(82)104-99)92-76-34-15-11-30-72(76)90(73-31-12-16-35-77(73)92)66-49-45-63(46-50-66)61-23-5-4-6-24-61/h4-58H,59H2,1-3H3. The van der Waals surface area contributed by atoms with Crippen LogP contribution in [0.4, 0.5) is 0 Å². The summed E-state index contributed by atoms with van der Waals surface area (Å²) in [6.07, 6.45) is 0.844. The summed E-state index contributed by atoms with van der Waals surface area (Å²) in [4.78, 5) is 0. The zero-order valence-corrected chi connectivity index (χ0v) is 59.4. The minimum Gasteiger partial charge on any atom is -0.134 e. The van der Waals surface area contributed by atoms with Gasteiger partial charge in [0.25, 0.3) is 0 Å². The second-order valence-electron chi connectivity index (χ2n) is 29.8. The van der Waals surface area contributed by atoms with E-state index in [1.54, 1.807) is 0 Å². The van der Waals surface area contributed by atoms with Crippen LogP contribution in [0.25, 0.3) is 194 Å². The molecule has 1 unspecified atom stereocenters. The van der Waals surface area contributed by atoms with Crippen LogP contribution in [0.5, 0.6) is 0 Å². The Balaban J connectivity index is 0.665. The summed E-state index contributed by atoms with van der Waals surface area (Å²) in [5, 5.41) is 20.7. The highest BCUT2D eigenvalue weighted by Crippen LogP contribution is 2.62. The molecule has 2 heteroatoms. The Kier molecular flexibility index (Phi) is 12.9. The summed E-state index contributed by atoms with van der Waals surface area (Å²) in [5.74, 6) is 0. The van der Waals surface area contributed by atoms with Crippen molar-refractivity contribution in [1.82, 2.24) is 0 Å². The average Bonchev–Trinajstić information content (AvgIpc) is 1.51. The molecular weight excluding hydrogens is 1290 g/mol. The molecule has 1 atom stereocenters. The highest BCUT2D eigenvalue weighted by Gasteiger charge is 2.43. The van der Waals surface area contributed by atoms with Crippen molar-refractivity contribution < 1.29 is 0 Å². The van der Waals surface area contributed by atoms with Crippen LogP contribution in [0.3, 0.4) is 0 Å². The van der Waals surface area contributed by atoms with Crippen LogP contribution in [-0.2, 0) is 17.3 Å². The molecule has 0 bridgehead atoms. The topological polar surface area (TPSA) is 0 Å². The lowest BCUT2D eigenvalue weighted by atomic mass is 9.73. The number of hydrogen-bond acceptors (Lipinski definition) is 2. The predicted molar refractivity (Wildman–Crippen MR) is 449 cm³/mol. The molecule has 2 heterocycles. The van der Waals surface area contributed by atoms with Crippen molar-refractivity contribution in [1.29, 1.82) is 0 Å². The molecule has 2 aliphatic carbocycles. The molecule has 0 radical (unpaired) electrons. The molecule has 22 rings (SSSR count). The third kappa shape index (κ3) is 8.59. The molecule has 20 aromatic rings. The van der Waals surface area contributed by atoms with E-state index in [9.17, 15) is 0 Å². The summed E-state index contributed by atoms with van der Waals surface area (Å²) >= 11 is 3.93. The van der Waals surface area contributed by atoms with Gasteiger partial charge in [-0.2, -0.15) is 0 Å². The van der Waals surface area contributed by atoms with Crippen molar-refractivity contribution in [3.05, 3.63) is 361 Å². The number of benzene rings is 18. The van der Waals surface area contributed by atoms with Gasteiger partial charge in [-0.3, -0.25) is 0 Å². The largest absolute Gasteiger partial charge is 0.134 e. The van der Waals surface area contributed by atoms with Crippen molar-refractivity contribution >= 4 is 128 Å². The third-order valence-corrected chi connectivity index (χ3v) is 26.2. The zero-order chi connectivity index (χ0) is 68.7. The first-order valence-corrected chi connectivity index (χ1v) is 38.1. The molecule has 0 saturated heterocycles. The molecule has 104 heavy (non-hydrogen) atoms. The normalized spacial score (nSPS) is 14.5. The minimum atomic E-state index is -0.354. The fourth-order valence-electron chi connectivity index (χ4n) is 19.2. The molecule has 0 spiro atoms. The molecule has 486 valence electrons. The van der Waals surface area contributed by atoms with E-state index in [2.05, 4.69) is 354 Å². The van der Waals surface area contributed by atoms with Crippen molar-refractivity contribution in [2.75, 3.05) is 0 Å². The van der Waals surface area contributed by atoms with Gasteiger partial charge in [-0.25, -0.2) is 0 Å². The monoisotopic (exact) mass is 1350 g/mol. The fraction of sp³-hybridized carbons (Fsp3) is 0.0588. The predicted octanol–water partition coefficient (Wildman–Crippen LogP) is 29.2. The summed E-state index contributed by atoms with van der Waals surface area (Å²) in [5.41, 5.74) is 26.8. The van der Waals surface area contributed by atoms with E-state index in [-0.39, 0.29) is 10.8 Å². The molecule has 0 aliphatic heterocycles. The van der Waals surface area contributed by atoms with Crippen LogP contribution in [0.1, 0.15) is 48.6 Å². The average molecular weight is 1360 g/mol. The van der Waals surface area contributed by atoms with Gasteiger partial charge in [0.15, 0.2) is 0 Å². The maximum absolute atomic E-state index is 2.60. The van der Waals surface area contributed by atoms with Crippen molar-refractivity contribution in [2.24, 2.45) is 0 Å². The minimum absolute atomic E-state index is 0.191. The van der Waals surface area contributed by atoms with E-state index in [4.69, 9.17) is 0 Å². The molecule has 0 amide bonds. The molecule has 0 saturated carbocycles. The smallest absolute Gasteiger partial charge is 0.0440 e. The van der Waals surface area contributed by atoms with E-state index in [0.717, 1.165) is 6.42 Å². The highest BCUT2D eigenvalue weighted by molar-refractivity contribution is 7.27. The van der Waals surface area contributed by atoms with Crippen LogP contribution >= 0.6 is 22.7 Å². The van der Waals surface area contributed by atoms with Crippen LogP contribution in [-0.4, -0.2) is 0 Å². The number of hydrogen-bond donors (Lipinski definition) is 0. The molecule has 18 aromatic carbocycles. The van der Waals surface area contributed by atoms with Gasteiger partial charge in [0, 0.05) is 62.3 Å². The molecule has 0 fully saturated rings. The first-order chi connectivity index (χ1) is 51.2. The van der Waals surface area contributed by atoms with Gasteiger partial charge in [0.1, 0.15) is 0 Å². The Morgan fingerprint density at radius 3 is 1.29 bits per heavy atom. The summed E-state index contributed by atoms with van der Waals surface area (Å²) in [7, 11) is 0. The van der Waals surface area contributed by atoms with E-state index in [0.29, 0.717) is 0 Å². The molecular formula is C102H66S2. The first-order valence-electron chi connectivity index (χ1n) is 36.5. The Bertz CT molecular complexity index is 6950. The first kappa shape index (κ1) is 59.6. The highest BCUT2D eigenvalue weighted by atomic mass is 32.1. The van der Waals surface area contributed by atoms with Crippen LogP contribution in [0, 0.1) is 0 Å². The maximum Gasteiger partial charge on any atom is 0.0440 e. The van der Waals surface area contributed by atoms with E-state index < -0.39 is 0 Å². The van der Waals surface area contributed by atoms with Gasteiger partial charge < -0.3 is 0 Å². The summed E-state index contributed by atoms with van der Waals surface area (Å²) in [6, 6.07) is 127. The van der Waals surface area contributed by atoms with Crippen molar-refractivity contribution in [2.45, 2.75) is 38.0 Å². The fourth-order valence-corrected chi connectivity index (χ4v) is 21.7. The molecule has 0 N–H and O–H groups in total. The van der Waals surface area contributed by atoms with E-state index in [1.807, 2.05) is 22.7 Å². The van der Waals surface area contributed by atoms with Crippen LogP contribution in [0.2, 0.25) is 0 Å². The quantitative estimate of drug-likeness (QED) is 0.133. The van der Waals surface area contributed by atoms with Gasteiger partial charge >= 0.3 is 0 Å². The number of rotatable bonds is 8. The van der Waals surface area contributed by atoms with Gasteiger partial charge in [0.05, 0.1) is 0 Å². The molecule has 2 aliphatic rings. The second kappa shape index (κ2) is 22.5. The zero-order valence-electron chi connectivity index (χ0n) is 57.8. The third-order valence-electron chi connectivity index (χ3n) is 23.8. The molecule has 2 aromatic heterocycles. The van der Waals surface area contributed by atoms with E-state index >= 15 is 0 Å². The van der Waals surface area contributed by atoms with Crippen molar-refractivity contribution in [3.8, 4) is 89.0 Å². The lowest BCUT2D eigenvalue weighted by Gasteiger charge is -2.29. The van der Waals surface area contributed by atoms with E-state index in [1.165, 1.54) is 222 Å².